The van der Waals surface area contributed by atoms with E-state index in [1.54, 1.807) is 58.7 Å². The van der Waals surface area contributed by atoms with E-state index in [1.807, 2.05) is 48.7 Å². The maximum Gasteiger partial charge on any atom is 0.259 e. The highest BCUT2D eigenvalue weighted by Gasteiger charge is 2.31. The van der Waals surface area contributed by atoms with Crippen LogP contribution in [0.2, 0.25) is 0 Å². The van der Waals surface area contributed by atoms with Crippen molar-refractivity contribution in [2.45, 2.75) is 29.8 Å². The normalized spacial score (nSPS) is 14.8. The van der Waals surface area contributed by atoms with Crippen molar-refractivity contribution in [2.24, 2.45) is 0 Å². The number of aryl methyl sites for hydroxylation is 1. The lowest BCUT2D eigenvalue weighted by Gasteiger charge is -2.24. The fraction of sp³-hybridized carbons (Fsp3) is 0.111. The number of thiophene rings is 1. The van der Waals surface area contributed by atoms with Crippen LogP contribution in [0.4, 0.5) is 5.69 Å². The van der Waals surface area contributed by atoms with Gasteiger partial charge in [-0.3, -0.25) is 9.59 Å². The van der Waals surface area contributed by atoms with Gasteiger partial charge in [0.1, 0.15) is 0 Å². The molecule has 1 N–H and O–H groups in total. The molecule has 170 valence electrons. The second-order valence-electron chi connectivity index (χ2n) is 8.03. The van der Waals surface area contributed by atoms with Gasteiger partial charge in [0.25, 0.3) is 11.8 Å². The van der Waals surface area contributed by atoms with Gasteiger partial charge in [0.2, 0.25) is 0 Å². The van der Waals surface area contributed by atoms with Crippen LogP contribution in [0.25, 0.3) is 0 Å². The number of hydrogen-bond donors (Lipinski definition) is 1. The molecule has 1 aliphatic heterocycles. The number of rotatable bonds is 5. The number of carbonyl (C=O) groups excluding carboxylic acids is 2. The number of anilines is 1. The third-order valence-electron chi connectivity index (χ3n) is 5.87. The van der Waals surface area contributed by atoms with Crippen LogP contribution in [0.15, 0.2) is 94.0 Å². The number of nitrogens with one attached hydrogen (secondary N) is 1. The summed E-state index contributed by atoms with van der Waals surface area (Å²) < 4.78 is 13.5. The summed E-state index contributed by atoms with van der Waals surface area (Å²) in [7, 11) is -1.55. The highest BCUT2D eigenvalue weighted by Crippen LogP contribution is 2.36. The molecule has 0 saturated heterocycles. The summed E-state index contributed by atoms with van der Waals surface area (Å²) in [6.07, 6.45) is 0. The fourth-order valence-corrected chi connectivity index (χ4v) is 5.99. The Hall–Kier alpha value is -3.55. The lowest BCUT2D eigenvalue weighted by Crippen LogP contribution is -2.31. The second-order valence-corrected chi connectivity index (χ2v) is 10.5. The third kappa shape index (κ3) is 4.20. The minimum atomic E-state index is -1.55. The number of nitrogens with zero attached hydrogens (tertiary/aromatic N) is 1. The zero-order chi connectivity index (χ0) is 23.7. The monoisotopic (exact) mass is 486 g/mol. The predicted octanol–water partition coefficient (Wildman–Crippen LogP) is 5.31. The molecule has 0 bridgehead atoms. The van der Waals surface area contributed by atoms with E-state index < -0.39 is 10.8 Å². The summed E-state index contributed by atoms with van der Waals surface area (Å²) in [6, 6.07) is 23.8. The largest absolute Gasteiger partial charge is 0.347 e. The van der Waals surface area contributed by atoms with Gasteiger partial charge in [-0.25, -0.2) is 4.21 Å². The lowest BCUT2D eigenvalue weighted by atomic mass is 10.1. The fourth-order valence-electron chi connectivity index (χ4n) is 4.00. The van der Waals surface area contributed by atoms with E-state index in [1.165, 1.54) is 0 Å². The topological polar surface area (TPSA) is 66.5 Å². The van der Waals surface area contributed by atoms with Crippen molar-refractivity contribution in [2.75, 3.05) is 4.90 Å². The molecule has 34 heavy (non-hydrogen) atoms. The molecule has 7 heteroatoms. The first-order chi connectivity index (χ1) is 16.5. The number of carbonyl (C=O) groups is 2. The Morgan fingerprint density at radius 1 is 0.971 bits per heavy atom. The molecular weight excluding hydrogens is 464 g/mol. The molecule has 3 aromatic carbocycles. The maximum absolute atomic E-state index is 13.7. The Labute approximate surface area is 204 Å². The molecule has 5 nitrogen and oxygen atoms in total. The molecule has 0 unspecified atom stereocenters. The SMILES string of the molecule is Cc1ccccc1CN1C(=O)c2ccccc2[S@@](=O)c2ccc(C(=O)NCc3cccs3)cc21. The summed E-state index contributed by atoms with van der Waals surface area (Å²) in [4.78, 5) is 30.3. The van der Waals surface area contributed by atoms with Gasteiger partial charge in [0.15, 0.2) is 0 Å². The van der Waals surface area contributed by atoms with Gasteiger partial charge in [0, 0.05) is 10.4 Å². The summed E-state index contributed by atoms with van der Waals surface area (Å²) in [6.45, 7) is 2.74. The molecule has 1 aromatic heterocycles. The molecule has 2 amide bonds. The molecule has 4 aromatic rings. The van der Waals surface area contributed by atoms with Gasteiger partial charge in [-0.15, -0.1) is 11.3 Å². The molecule has 1 aliphatic rings. The molecule has 0 radical (unpaired) electrons. The minimum absolute atomic E-state index is 0.234. The highest BCUT2D eigenvalue weighted by molar-refractivity contribution is 7.85. The van der Waals surface area contributed by atoms with Crippen molar-refractivity contribution in [1.82, 2.24) is 5.32 Å². The average molecular weight is 487 g/mol. The Bertz CT molecular complexity index is 1410. The van der Waals surface area contributed by atoms with Crippen LogP contribution in [0.3, 0.4) is 0 Å². The Kier molecular flexibility index (Phi) is 6.13. The third-order valence-corrected chi connectivity index (χ3v) is 8.24. The minimum Gasteiger partial charge on any atom is -0.347 e. The second kappa shape index (κ2) is 9.37. The van der Waals surface area contributed by atoms with E-state index in [0.29, 0.717) is 39.7 Å². The molecule has 2 heterocycles. The first-order valence-corrected chi connectivity index (χ1v) is 12.9. The first-order valence-electron chi connectivity index (χ1n) is 10.8. The zero-order valence-electron chi connectivity index (χ0n) is 18.5. The molecular formula is C27H22N2O3S2. The van der Waals surface area contributed by atoms with E-state index in [0.717, 1.165) is 16.0 Å². The van der Waals surface area contributed by atoms with Crippen LogP contribution in [0.1, 0.15) is 36.7 Å². The summed E-state index contributed by atoms with van der Waals surface area (Å²) in [5.41, 5.74) is 3.36. The molecule has 5 rings (SSSR count). The average Bonchev–Trinajstić information content (AvgIpc) is 3.37. The molecule has 0 saturated carbocycles. The van der Waals surface area contributed by atoms with Gasteiger partial charge in [-0.2, -0.15) is 0 Å². The van der Waals surface area contributed by atoms with Crippen molar-refractivity contribution in [3.63, 3.8) is 0 Å². The van der Waals surface area contributed by atoms with E-state index in [2.05, 4.69) is 5.32 Å². The highest BCUT2D eigenvalue weighted by atomic mass is 32.2. The molecule has 0 spiro atoms. The van der Waals surface area contributed by atoms with Crippen LogP contribution in [-0.4, -0.2) is 16.0 Å². The molecule has 0 fully saturated rings. The quantitative estimate of drug-likeness (QED) is 0.416. The summed E-state index contributed by atoms with van der Waals surface area (Å²) >= 11 is 1.57. The van der Waals surface area contributed by atoms with Crippen LogP contribution in [-0.2, 0) is 23.9 Å². The van der Waals surface area contributed by atoms with Gasteiger partial charge in [-0.1, -0.05) is 42.5 Å². The van der Waals surface area contributed by atoms with Gasteiger partial charge >= 0.3 is 0 Å². The standard InChI is InChI=1S/C27H22N2O3S2/c1-18-7-2-3-8-20(18)17-29-23-15-19(26(30)28-16-21-9-6-14-33-21)12-13-25(23)34(32)24-11-5-4-10-22(24)27(29)31/h2-15H,16-17H2,1H3,(H,28,30)/t34-/m1/s1. The molecule has 0 aliphatic carbocycles. The molecule has 1 atom stereocenters. The van der Waals surface area contributed by atoms with Crippen molar-refractivity contribution in [1.29, 1.82) is 0 Å². The van der Waals surface area contributed by atoms with E-state index in [-0.39, 0.29) is 11.8 Å². The number of benzene rings is 3. The number of hydrogen-bond acceptors (Lipinski definition) is 4. The first kappa shape index (κ1) is 22.3. The predicted molar refractivity (Wildman–Crippen MR) is 135 cm³/mol. The van der Waals surface area contributed by atoms with E-state index in [9.17, 15) is 13.8 Å². The Morgan fingerprint density at radius 3 is 2.56 bits per heavy atom. The van der Waals surface area contributed by atoms with Gasteiger partial charge < -0.3 is 10.2 Å². The lowest BCUT2D eigenvalue weighted by molar-refractivity contribution is 0.0947. The number of fused-ring (bicyclic) bond motifs is 2. The zero-order valence-corrected chi connectivity index (χ0v) is 20.1. The smallest absolute Gasteiger partial charge is 0.259 e. The van der Waals surface area contributed by atoms with Crippen LogP contribution in [0.5, 0.6) is 0 Å². The van der Waals surface area contributed by atoms with Crippen molar-refractivity contribution in [3.8, 4) is 0 Å². The van der Waals surface area contributed by atoms with Crippen molar-refractivity contribution in [3.05, 3.63) is 111 Å². The Balaban J connectivity index is 1.58. The van der Waals surface area contributed by atoms with Crippen molar-refractivity contribution >= 4 is 39.6 Å². The van der Waals surface area contributed by atoms with E-state index >= 15 is 0 Å². The van der Waals surface area contributed by atoms with Crippen molar-refractivity contribution < 1.29 is 13.8 Å². The van der Waals surface area contributed by atoms with Crippen LogP contribution >= 0.6 is 11.3 Å². The van der Waals surface area contributed by atoms with Crippen LogP contribution in [0, 0.1) is 6.92 Å². The summed E-state index contributed by atoms with van der Waals surface area (Å²) in [5, 5.41) is 4.89. The Morgan fingerprint density at radius 2 is 1.76 bits per heavy atom. The summed E-state index contributed by atoms with van der Waals surface area (Å²) in [5.74, 6) is -0.478. The van der Waals surface area contributed by atoms with Crippen LogP contribution < -0.4 is 10.2 Å². The van der Waals surface area contributed by atoms with Gasteiger partial charge in [0.05, 0.1) is 44.9 Å². The van der Waals surface area contributed by atoms with E-state index in [4.69, 9.17) is 0 Å². The maximum atomic E-state index is 13.7. The number of amides is 2. The van der Waals surface area contributed by atoms with Gasteiger partial charge in [-0.05, 0) is 59.8 Å².